The molecule has 134 valence electrons. The van der Waals surface area contributed by atoms with E-state index in [4.69, 9.17) is 0 Å². The number of carbonyl (C=O) groups is 1. The molecule has 1 amide bonds. The molecule has 1 fully saturated rings. The quantitative estimate of drug-likeness (QED) is 0.839. The molecular weight excluding hydrogens is 345 g/mol. The third kappa shape index (κ3) is 4.27. The van der Waals surface area contributed by atoms with Gasteiger partial charge in [0, 0.05) is 19.6 Å². The number of nitrogens with one attached hydrogen (secondary N) is 1. The summed E-state index contributed by atoms with van der Waals surface area (Å²) in [7, 11) is -3.83. The fourth-order valence-electron chi connectivity index (χ4n) is 2.81. The Kier molecular flexibility index (Phi) is 5.54. The summed E-state index contributed by atoms with van der Waals surface area (Å²) in [6.07, 6.45) is 1.75. The zero-order chi connectivity index (χ0) is 18.0. The van der Waals surface area contributed by atoms with Crippen molar-refractivity contribution in [3.05, 3.63) is 35.9 Å². The first-order valence-corrected chi connectivity index (χ1v) is 8.96. The largest absolute Gasteiger partial charge is 0.511 e. The number of carbonyl (C=O) groups excluding carboxylic acids is 1. The zero-order valence-corrected chi connectivity index (χ0v) is 13.9. The van der Waals surface area contributed by atoms with Gasteiger partial charge in [0.15, 0.2) is 0 Å². The number of hydrogen-bond donors (Lipinski definition) is 1. The Morgan fingerprint density at radius 3 is 2.46 bits per heavy atom. The number of amides is 1. The predicted molar refractivity (Wildman–Crippen MR) is 82.4 cm³/mol. The third-order valence-electron chi connectivity index (χ3n) is 4.23. The highest BCUT2D eigenvalue weighted by Crippen LogP contribution is 2.27. The van der Waals surface area contributed by atoms with Gasteiger partial charge in [0.1, 0.15) is 0 Å². The fraction of sp³-hybridized carbons (Fsp3) is 0.533. The van der Waals surface area contributed by atoms with E-state index in [0.717, 1.165) is 12.0 Å². The summed E-state index contributed by atoms with van der Waals surface area (Å²) in [6, 6.07) is 9.54. The molecule has 2 unspecified atom stereocenters. The zero-order valence-electron chi connectivity index (χ0n) is 13.1. The van der Waals surface area contributed by atoms with Gasteiger partial charge in [-0.05, 0) is 24.8 Å². The first kappa shape index (κ1) is 18.7. The van der Waals surface area contributed by atoms with Gasteiger partial charge in [-0.3, -0.25) is 4.79 Å². The molecule has 1 heterocycles. The molecule has 1 aromatic carbocycles. The molecule has 0 bridgehead atoms. The molecule has 0 aromatic heterocycles. The number of benzene rings is 1. The van der Waals surface area contributed by atoms with Crippen LogP contribution in [0.15, 0.2) is 30.3 Å². The summed E-state index contributed by atoms with van der Waals surface area (Å²) in [5.74, 6) is -1.11. The van der Waals surface area contributed by atoms with Gasteiger partial charge >= 0.3 is 15.5 Å². The number of sulfonamides is 1. The standard InChI is InChI=1S/C15H19F3N2O3S/c1-20-13(8-7-11-5-3-2-4-6-11)9-12(14(20)21)10-19-24(22,23)15(16,17)18/h2-6,12-13,19H,7-10H2,1H3. The molecule has 2 atom stereocenters. The van der Waals surface area contributed by atoms with Crippen LogP contribution in [0.3, 0.4) is 0 Å². The minimum absolute atomic E-state index is 0.113. The lowest BCUT2D eigenvalue weighted by molar-refractivity contribution is -0.130. The number of rotatable bonds is 6. The highest BCUT2D eigenvalue weighted by molar-refractivity contribution is 7.90. The molecule has 5 nitrogen and oxygen atoms in total. The monoisotopic (exact) mass is 364 g/mol. The van der Waals surface area contributed by atoms with Gasteiger partial charge in [-0.25, -0.2) is 13.1 Å². The van der Waals surface area contributed by atoms with Crippen molar-refractivity contribution in [2.45, 2.75) is 30.8 Å². The Morgan fingerprint density at radius 1 is 1.25 bits per heavy atom. The van der Waals surface area contributed by atoms with Crippen LogP contribution in [0.2, 0.25) is 0 Å². The Hall–Kier alpha value is -1.61. The van der Waals surface area contributed by atoms with Crippen LogP contribution in [0.4, 0.5) is 13.2 Å². The van der Waals surface area contributed by atoms with Crippen LogP contribution in [-0.4, -0.2) is 44.4 Å². The van der Waals surface area contributed by atoms with Gasteiger partial charge in [-0.1, -0.05) is 30.3 Å². The van der Waals surface area contributed by atoms with Crippen molar-refractivity contribution >= 4 is 15.9 Å². The van der Waals surface area contributed by atoms with Crippen LogP contribution in [0, 0.1) is 5.92 Å². The maximum absolute atomic E-state index is 12.3. The molecule has 24 heavy (non-hydrogen) atoms. The van der Waals surface area contributed by atoms with E-state index in [1.807, 2.05) is 30.3 Å². The molecule has 1 aromatic rings. The van der Waals surface area contributed by atoms with Crippen LogP contribution in [0.1, 0.15) is 18.4 Å². The lowest BCUT2D eigenvalue weighted by atomic mass is 10.00. The molecule has 1 N–H and O–H groups in total. The SMILES string of the molecule is CN1C(=O)C(CNS(=O)(=O)C(F)(F)F)CC1CCc1ccccc1. The number of halogens is 3. The molecule has 2 rings (SSSR count). The smallest absolute Gasteiger partial charge is 0.342 e. The van der Waals surface area contributed by atoms with E-state index in [2.05, 4.69) is 0 Å². The summed E-state index contributed by atoms with van der Waals surface area (Å²) in [6.45, 7) is -0.535. The molecule has 1 aliphatic heterocycles. The highest BCUT2D eigenvalue weighted by atomic mass is 32.2. The van der Waals surface area contributed by atoms with E-state index >= 15 is 0 Å². The van der Waals surface area contributed by atoms with Crippen LogP contribution in [0.5, 0.6) is 0 Å². The fourth-order valence-corrected chi connectivity index (χ4v) is 3.39. The van der Waals surface area contributed by atoms with E-state index in [9.17, 15) is 26.4 Å². The molecular formula is C15H19F3N2O3S. The second-order valence-corrected chi connectivity index (χ2v) is 7.62. The molecule has 0 radical (unpaired) electrons. The summed E-state index contributed by atoms with van der Waals surface area (Å²) >= 11 is 0. The number of likely N-dealkylation sites (tertiary alicyclic amines) is 1. The van der Waals surface area contributed by atoms with Crippen molar-refractivity contribution in [3.8, 4) is 0 Å². The molecule has 1 saturated heterocycles. The first-order valence-electron chi connectivity index (χ1n) is 7.48. The summed E-state index contributed by atoms with van der Waals surface area (Å²) < 4.78 is 60.5. The van der Waals surface area contributed by atoms with Gasteiger partial charge < -0.3 is 4.90 Å². The average Bonchev–Trinajstić information content (AvgIpc) is 2.79. The topological polar surface area (TPSA) is 66.5 Å². The lowest BCUT2D eigenvalue weighted by Crippen LogP contribution is -2.40. The van der Waals surface area contributed by atoms with Crippen molar-refractivity contribution in [2.24, 2.45) is 5.92 Å². The number of alkyl halides is 3. The molecule has 1 aliphatic rings. The lowest BCUT2D eigenvalue weighted by Gasteiger charge is -2.19. The van der Waals surface area contributed by atoms with Gasteiger partial charge in [-0.15, -0.1) is 0 Å². The Morgan fingerprint density at radius 2 is 1.88 bits per heavy atom. The van der Waals surface area contributed by atoms with Crippen molar-refractivity contribution in [2.75, 3.05) is 13.6 Å². The number of nitrogens with zero attached hydrogens (tertiary/aromatic N) is 1. The van der Waals surface area contributed by atoms with Crippen molar-refractivity contribution in [3.63, 3.8) is 0 Å². The highest BCUT2D eigenvalue weighted by Gasteiger charge is 2.47. The summed E-state index contributed by atoms with van der Waals surface area (Å²) in [5, 5.41) is 0. The van der Waals surface area contributed by atoms with Gasteiger partial charge in [0.2, 0.25) is 5.91 Å². The maximum atomic E-state index is 12.3. The van der Waals surface area contributed by atoms with Crippen LogP contribution in [-0.2, 0) is 21.2 Å². The van der Waals surface area contributed by atoms with Gasteiger partial charge in [0.05, 0.1) is 5.92 Å². The number of hydrogen-bond acceptors (Lipinski definition) is 3. The van der Waals surface area contributed by atoms with E-state index in [0.29, 0.717) is 12.8 Å². The number of aryl methyl sites for hydroxylation is 1. The second kappa shape index (κ2) is 7.10. The van der Waals surface area contributed by atoms with E-state index in [1.54, 1.807) is 7.05 Å². The summed E-state index contributed by atoms with van der Waals surface area (Å²) in [4.78, 5) is 13.6. The predicted octanol–water partition coefficient (Wildman–Crippen LogP) is 1.91. The molecule has 0 saturated carbocycles. The Balaban J connectivity index is 1.91. The second-order valence-electron chi connectivity index (χ2n) is 5.86. The average molecular weight is 364 g/mol. The van der Waals surface area contributed by atoms with Crippen molar-refractivity contribution < 1.29 is 26.4 Å². The normalized spacial score (nSPS) is 22.2. The van der Waals surface area contributed by atoms with Crippen molar-refractivity contribution in [1.29, 1.82) is 0 Å². The van der Waals surface area contributed by atoms with Crippen LogP contribution in [0.25, 0.3) is 0 Å². The van der Waals surface area contributed by atoms with Crippen molar-refractivity contribution in [1.82, 2.24) is 9.62 Å². The summed E-state index contributed by atoms with van der Waals surface area (Å²) in [5.41, 5.74) is -4.26. The molecule has 0 aliphatic carbocycles. The van der Waals surface area contributed by atoms with E-state index in [1.165, 1.54) is 9.62 Å². The molecule has 0 spiro atoms. The minimum atomic E-state index is -5.42. The first-order chi connectivity index (χ1) is 11.1. The Labute approximate surface area is 138 Å². The van der Waals surface area contributed by atoms with E-state index in [-0.39, 0.29) is 11.9 Å². The van der Waals surface area contributed by atoms with E-state index < -0.39 is 28.0 Å². The van der Waals surface area contributed by atoms with Crippen LogP contribution < -0.4 is 4.72 Å². The molecule has 9 heteroatoms. The maximum Gasteiger partial charge on any atom is 0.511 e. The van der Waals surface area contributed by atoms with Gasteiger partial charge in [-0.2, -0.15) is 13.2 Å². The van der Waals surface area contributed by atoms with Crippen LogP contribution >= 0.6 is 0 Å². The van der Waals surface area contributed by atoms with Gasteiger partial charge in [0.25, 0.3) is 0 Å². The third-order valence-corrected chi connectivity index (χ3v) is 5.39. The minimum Gasteiger partial charge on any atom is -0.342 e. The Bertz CT molecular complexity index is 677.